The molecule has 3 nitrogen and oxygen atoms in total. The van der Waals surface area contributed by atoms with E-state index in [4.69, 9.17) is 10.8 Å². The van der Waals surface area contributed by atoms with E-state index >= 15 is 0 Å². The highest BCUT2D eigenvalue weighted by Gasteiger charge is 2.08. The Hall–Kier alpha value is -1.51. The van der Waals surface area contributed by atoms with E-state index in [1.165, 1.54) is 0 Å². The average molecular weight is 179 g/mol. The quantitative estimate of drug-likeness (QED) is 0.728. The molecule has 1 rings (SSSR count). The third-order valence-electron chi connectivity index (χ3n) is 1.96. The van der Waals surface area contributed by atoms with Crippen LogP contribution >= 0.6 is 0 Å². The van der Waals surface area contributed by atoms with Crippen molar-refractivity contribution in [3.05, 3.63) is 29.8 Å². The third-order valence-corrected chi connectivity index (χ3v) is 1.96. The van der Waals surface area contributed by atoms with Gasteiger partial charge in [0, 0.05) is 5.92 Å². The molecular weight excluding hydrogens is 166 g/mol. The number of hydrogen-bond acceptors (Lipinski definition) is 2. The van der Waals surface area contributed by atoms with Crippen molar-refractivity contribution in [2.24, 2.45) is 11.7 Å². The molecule has 1 aromatic rings. The van der Waals surface area contributed by atoms with Gasteiger partial charge in [-0.1, -0.05) is 19.1 Å². The minimum Gasteiger partial charge on any atom is -0.508 e. The van der Waals surface area contributed by atoms with Crippen molar-refractivity contribution >= 4 is 5.91 Å². The molecule has 3 heteroatoms. The van der Waals surface area contributed by atoms with Crippen LogP contribution in [0.15, 0.2) is 24.3 Å². The zero-order chi connectivity index (χ0) is 9.84. The van der Waals surface area contributed by atoms with Gasteiger partial charge < -0.3 is 10.8 Å². The molecule has 0 saturated heterocycles. The van der Waals surface area contributed by atoms with Crippen LogP contribution in [0.25, 0.3) is 0 Å². The van der Waals surface area contributed by atoms with E-state index < -0.39 is 0 Å². The second-order valence-electron chi connectivity index (χ2n) is 3.17. The Bertz CT molecular complexity index is 292. The minimum atomic E-state index is -0.298. The lowest BCUT2D eigenvalue weighted by Crippen LogP contribution is -2.22. The number of phenolic OH excluding ortho intramolecular Hbond substituents is 1. The summed E-state index contributed by atoms with van der Waals surface area (Å²) >= 11 is 0. The number of benzene rings is 1. The summed E-state index contributed by atoms with van der Waals surface area (Å²) in [6.07, 6.45) is 0.621. The number of nitrogens with two attached hydrogens (primary N) is 1. The van der Waals surface area contributed by atoms with E-state index in [9.17, 15) is 4.79 Å². The minimum absolute atomic E-state index is 0.162. The maximum atomic E-state index is 10.7. The Kier molecular flexibility index (Phi) is 2.90. The number of phenols is 1. The number of carbonyl (C=O) groups is 1. The van der Waals surface area contributed by atoms with Crippen molar-refractivity contribution in [2.45, 2.75) is 13.3 Å². The highest BCUT2D eigenvalue weighted by molar-refractivity contribution is 5.76. The van der Waals surface area contributed by atoms with E-state index in [2.05, 4.69) is 0 Å². The van der Waals surface area contributed by atoms with Gasteiger partial charge in [0.2, 0.25) is 5.91 Å². The van der Waals surface area contributed by atoms with Crippen molar-refractivity contribution < 1.29 is 9.90 Å². The summed E-state index contributed by atoms with van der Waals surface area (Å²) < 4.78 is 0. The highest BCUT2D eigenvalue weighted by atomic mass is 16.3. The zero-order valence-corrected chi connectivity index (χ0v) is 7.53. The van der Waals surface area contributed by atoms with Gasteiger partial charge in [-0.15, -0.1) is 0 Å². The molecule has 0 heterocycles. The molecule has 0 spiro atoms. The largest absolute Gasteiger partial charge is 0.508 e. The fraction of sp³-hybridized carbons (Fsp3) is 0.300. The summed E-state index contributed by atoms with van der Waals surface area (Å²) in [4.78, 5) is 10.7. The molecule has 1 amide bonds. The first-order valence-corrected chi connectivity index (χ1v) is 4.17. The molecular formula is C10H13NO2. The van der Waals surface area contributed by atoms with Crippen LogP contribution in [-0.4, -0.2) is 11.0 Å². The maximum Gasteiger partial charge on any atom is 0.220 e. The summed E-state index contributed by atoms with van der Waals surface area (Å²) in [6, 6.07) is 6.77. The molecule has 0 aliphatic carbocycles. The Balaban J connectivity index is 2.64. The topological polar surface area (TPSA) is 63.3 Å². The first-order valence-electron chi connectivity index (χ1n) is 4.17. The summed E-state index contributed by atoms with van der Waals surface area (Å²) in [6.45, 7) is 1.79. The van der Waals surface area contributed by atoms with Crippen molar-refractivity contribution in [3.8, 4) is 5.75 Å². The third kappa shape index (κ3) is 2.78. The zero-order valence-electron chi connectivity index (χ0n) is 7.53. The second kappa shape index (κ2) is 3.94. The fourth-order valence-corrected chi connectivity index (χ4v) is 1.09. The van der Waals surface area contributed by atoms with Gasteiger partial charge in [0.25, 0.3) is 0 Å². The van der Waals surface area contributed by atoms with Gasteiger partial charge in [0.05, 0.1) is 0 Å². The molecule has 3 N–H and O–H groups in total. The van der Waals surface area contributed by atoms with Gasteiger partial charge in [-0.25, -0.2) is 0 Å². The molecule has 0 aliphatic rings. The van der Waals surface area contributed by atoms with Gasteiger partial charge in [-0.05, 0) is 24.1 Å². The van der Waals surface area contributed by atoms with Crippen molar-refractivity contribution in [1.82, 2.24) is 0 Å². The summed E-state index contributed by atoms with van der Waals surface area (Å²) in [5.74, 6) is -0.229. The van der Waals surface area contributed by atoms with Gasteiger partial charge in [0.15, 0.2) is 0 Å². The van der Waals surface area contributed by atoms with E-state index in [1.807, 2.05) is 0 Å². The first-order chi connectivity index (χ1) is 6.09. The number of carbonyl (C=O) groups excluding carboxylic acids is 1. The van der Waals surface area contributed by atoms with Crippen LogP contribution in [-0.2, 0) is 11.2 Å². The molecule has 0 aliphatic heterocycles. The smallest absolute Gasteiger partial charge is 0.220 e. The van der Waals surface area contributed by atoms with Crippen LogP contribution in [0, 0.1) is 5.92 Å². The van der Waals surface area contributed by atoms with Crippen LogP contribution < -0.4 is 5.73 Å². The average Bonchev–Trinajstić information content (AvgIpc) is 2.08. The van der Waals surface area contributed by atoms with Crippen molar-refractivity contribution in [3.63, 3.8) is 0 Å². The van der Waals surface area contributed by atoms with Crippen molar-refractivity contribution in [2.75, 3.05) is 0 Å². The second-order valence-corrected chi connectivity index (χ2v) is 3.17. The number of hydrogen-bond donors (Lipinski definition) is 2. The Labute approximate surface area is 77.2 Å². The van der Waals surface area contributed by atoms with E-state index in [-0.39, 0.29) is 17.6 Å². The molecule has 0 saturated carbocycles. The van der Waals surface area contributed by atoms with E-state index in [0.717, 1.165) is 5.56 Å². The molecule has 0 bridgehead atoms. The van der Waals surface area contributed by atoms with E-state index in [1.54, 1.807) is 31.2 Å². The van der Waals surface area contributed by atoms with Gasteiger partial charge in [-0.2, -0.15) is 0 Å². The lowest BCUT2D eigenvalue weighted by molar-refractivity contribution is -0.121. The van der Waals surface area contributed by atoms with Crippen LogP contribution in [0.3, 0.4) is 0 Å². The standard InChI is InChI=1S/C10H13NO2/c1-7(10(11)13)6-8-2-4-9(12)5-3-8/h2-5,7,12H,6H2,1H3,(H2,11,13). The lowest BCUT2D eigenvalue weighted by atomic mass is 10.0. The van der Waals surface area contributed by atoms with Crippen LogP contribution in [0.4, 0.5) is 0 Å². The summed E-state index contributed by atoms with van der Waals surface area (Å²) in [7, 11) is 0. The normalized spacial score (nSPS) is 12.4. The maximum absolute atomic E-state index is 10.7. The lowest BCUT2D eigenvalue weighted by Gasteiger charge is -2.06. The summed E-state index contributed by atoms with van der Waals surface area (Å²) in [5, 5.41) is 9.01. The number of rotatable bonds is 3. The van der Waals surface area contributed by atoms with Crippen LogP contribution in [0.2, 0.25) is 0 Å². The molecule has 0 radical (unpaired) electrons. The number of amides is 1. The molecule has 1 aromatic carbocycles. The van der Waals surface area contributed by atoms with Crippen LogP contribution in [0.1, 0.15) is 12.5 Å². The first kappa shape index (κ1) is 9.58. The molecule has 1 unspecified atom stereocenters. The molecule has 13 heavy (non-hydrogen) atoms. The fourth-order valence-electron chi connectivity index (χ4n) is 1.09. The van der Waals surface area contributed by atoms with Gasteiger partial charge >= 0.3 is 0 Å². The van der Waals surface area contributed by atoms with E-state index in [0.29, 0.717) is 6.42 Å². The molecule has 0 fully saturated rings. The Morgan fingerprint density at radius 3 is 2.46 bits per heavy atom. The van der Waals surface area contributed by atoms with Crippen LogP contribution in [0.5, 0.6) is 5.75 Å². The summed E-state index contributed by atoms with van der Waals surface area (Å²) in [5.41, 5.74) is 6.13. The molecule has 1 atom stereocenters. The predicted octanol–water partition coefficient (Wildman–Crippen LogP) is 1.06. The van der Waals surface area contributed by atoms with Crippen molar-refractivity contribution in [1.29, 1.82) is 0 Å². The Morgan fingerprint density at radius 1 is 1.46 bits per heavy atom. The highest BCUT2D eigenvalue weighted by Crippen LogP contribution is 2.13. The predicted molar refractivity (Wildman–Crippen MR) is 50.2 cm³/mol. The molecule has 70 valence electrons. The number of aromatic hydroxyl groups is 1. The SMILES string of the molecule is CC(Cc1ccc(O)cc1)C(N)=O. The van der Waals surface area contributed by atoms with Gasteiger partial charge in [-0.3, -0.25) is 4.79 Å². The Morgan fingerprint density at radius 2 is 2.00 bits per heavy atom. The molecule has 0 aromatic heterocycles. The van der Waals surface area contributed by atoms with Gasteiger partial charge in [0.1, 0.15) is 5.75 Å². The number of primary amides is 1. The monoisotopic (exact) mass is 179 g/mol.